The van der Waals surface area contributed by atoms with Gasteiger partial charge in [0.1, 0.15) is 12.4 Å². The van der Waals surface area contributed by atoms with Gasteiger partial charge in [-0.2, -0.15) is 9.97 Å². The number of carbonyl (C=O) groups excluding carboxylic acids is 1. The SMILES string of the molecule is C=CC(=O)N1CC[C@@H]2[C@H]1CN2c1nc(OC[C@@H]2CCCN2C)nc2nc(-c3cncc4c3CCCC4)c(Cl)cc12. The number of hydrogen-bond acceptors (Lipinski definition) is 8. The molecular weight excluding hydrogens is 526 g/mol. The van der Waals surface area contributed by atoms with Crippen LogP contribution in [0.15, 0.2) is 31.1 Å². The van der Waals surface area contributed by atoms with E-state index in [0.717, 1.165) is 55.4 Å². The third kappa shape index (κ3) is 4.30. The summed E-state index contributed by atoms with van der Waals surface area (Å²) in [6.45, 7) is 6.69. The minimum absolute atomic E-state index is 0.0152. The molecule has 0 bridgehead atoms. The van der Waals surface area contributed by atoms with E-state index in [9.17, 15) is 4.79 Å². The number of hydrogen-bond donors (Lipinski definition) is 0. The number of anilines is 1. The molecule has 0 aromatic carbocycles. The average molecular weight is 560 g/mol. The van der Waals surface area contributed by atoms with Crippen LogP contribution in [0.2, 0.25) is 5.02 Å². The van der Waals surface area contributed by atoms with Crippen LogP contribution in [0.3, 0.4) is 0 Å². The first-order valence-electron chi connectivity index (χ1n) is 14.4. The smallest absolute Gasteiger partial charge is 0.320 e. The summed E-state index contributed by atoms with van der Waals surface area (Å²) in [6, 6.07) is 2.95. The predicted octanol–water partition coefficient (Wildman–Crippen LogP) is 4.07. The van der Waals surface area contributed by atoms with Gasteiger partial charge >= 0.3 is 6.01 Å². The molecule has 3 fully saturated rings. The fourth-order valence-corrected chi connectivity index (χ4v) is 7.20. The normalized spacial score (nSPS) is 24.1. The fourth-order valence-electron chi connectivity index (χ4n) is 6.95. The number of amides is 1. The maximum absolute atomic E-state index is 12.4. The van der Waals surface area contributed by atoms with Gasteiger partial charge in [0.2, 0.25) is 5.91 Å². The van der Waals surface area contributed by atoms with Crippen LogP contribution in [0.1, 0.15) is 43.2 Å². The van der Waals surface area contributed by atoms with Crippen molar-refractivity contribution in [2.45, 2.75) is 63.1 Å². The van der Waals surface area contributed by atoms with Gasteiger partial charge in [0.15, 0.2) is 5.65 Å². The van der Waals surface area contributed by atoms with E-state index in [2.05, 4.69) is 28.4 Å². The zero-order valence-electron chi connectivity index (χ0n) is 22.9. The highest BCUT2D eigenvalue weighted by Gasteiger charge is 2.49. The monoisotopic (exact) mass is 559 g/mol. The van der Waals surface area contributed by atoms with E-state index in [0.29, 0.717) is 48.1 Å². The molecule has 10 heteroatoms. The highest BCUT2D eigenvalue weighted by molar-refractivity contribution is 6.34. The van der Waals surface area contributed by atoms with Crippen LogP contribution in [0, 0.1) is 0 Å². The minimum atomic E-state index is -0.0152. The molecule has 1 amide bonds. The molecule has 3 aromatic rings. The first-order chi connectivity index (χ1) is 19.5. The number of rotatable bonds is 6. The van der Waals surface area contributed by atoms with E-state index >= 15 is 0 Å². The first kappa shape index (κ1) is 25.7. The predicted molar refractivity (Wildman–Crippen MR) is 155 cm³/mol. The Morgan fingerprint density at radius 2 is 2.00 bits per heavy atom. The van der Waals surface area contributed by atoms with Crippen molar-refractivity contribution in [1.82, 2.24) is 29.7 Å². The van der Waals surface area contributed by atoms with Crippen molar-refractivity contribution in [2.24, 2.45) is 0 Å². The molecule has 7 rings (SSSR count). The molecule has 0 spiro atoms. The molecular formula is C30H34ClN7O2. The van der Waals surface area contributed by atoms with Gasteiger partial charge in [0.05, 0.1) is 28.2 Å². The fraction of sp³-hybridized carbons (Fsp3) is 0.500. The van der Waals surface area contributed by atoms with E-state index in [1.807, 2.05) is 23.4 Å². The van der Waals surface area contributed by atoms with E-state index in [1.165, 1.54) is 30.0 Å². The van der Waals surface area contributed by atoms with Crippen LogP contribution in [0.4, 0.5) is 5.82 Å². The van der Waals surface area contributed by atoms with Crippen molar-refractivity contribution in [3.63, 3.8) is 0 Å². The second kappa shape index (κ2) is 10.3. The Morgan fingerprint density at radius 1 is 1.12 bits per heavy atom. The topological polar surface area (TPSA) is 87.6 Å². The second-order valence-corrected chi connectivity index (χ2v) is 11.9. The van der Waals surface area contributed by atoms with Crippen LogP contribution in [0.5, 0.6) is 6.01 Å². The lowest BCUT2D eigenvalue weighted by Gasteiger charge is -2.47. The van der Waals surface area contributed by atoms with Crippen molar-refractivity contribution in [1.29, 1.82) is 0 Å². The summed E-state index contributed by atoms with van der Waals surface area (Å²) >= 11 is 6.95. The molecule has 0 unspecified atom stereocenters. The summed E-state index contributed by atoms with van der Waals surface area (Å²) in [5, 5.41) is 1.36. The maximum Gasteiger partial charge on any atom is 0.320 e. The third-order valence-electron chi connectivity index (χ3n) is 9.23. The average Bonchev–Trinajstić information content (AvgIpc) is 3.53. The summed E-state index contributed by atoms with van der Waals surface area (Å²) in [5.74, 6) is 0.752. The number of likely N-dealkylation sites (N-methyl/N-ethyl adjacent to an activating group) is 1. The Morgan fingerprint density at radius 3 is 2.83 bits per heavy atom. The van der Waals surface area contributed by atoms with E-state index in [1.54, 1.807) is 0 Å². The Bertz CT molecular complexity index is 1500. The highest BCUT2D eigenvalue weighted by Crippen LogP contribution is 2.41. The molecule has 9 nitrogen and oxygen atoms in total. The number of fused-ring (bicyclic) bond motifs is 3. The van der Waals surface area contributed by atoms with Gasteiger partial charge in [-0.1, -0.05) is 18.2 Å². The Kier molecular flexibility index (Phi) is 6.59. The van der Waals surface area contributed by atoms with Gasteiger partial charge < -0.3 is 19.4 Å². The standard InChI is InChI=1S/C30H34ClN7O2/c1-3-26(39)37-12-10-24-25(37)16-38(24)29-21-13-23(31)27(22-15-32-14-18-7-4-5-9-20(18)22)33-28(21)34-30(35-29)40-17-19-8-6-11-36(19)2/h3,13-15,19,24-25H,1,4-12,16-17H2,2H3/t19-,24+,25+/m0/s1. The number of likely N-dealkylation sites (tertiary alicyclic amines) is 2. The molecule has 6 heterocycles. The van der Waals surface area contributed by atoms with Crippen molar-refractivity contribution in [2.75, 3.05) is 38.2 Å². The number of nitrogens with zero attached hydrogens (tertiary/aromatic N) is 7. The molecule has 3 aromatic heterocycles. The quantitative estimate of drug-likeness (QED) is 0.418. The Balaban J connectivity index is 1.29. The molecule has 3 aliphatic heterocycles. The summed E-state index contributed by atoms with van der Waals surface area (Å²) in [5.41, 5.74) is 4.82. The third-order valence-corrected chi connectivity index (χ3v) is 9.51. The lowest BCUT2D eigenvalue weighted by molar-refractivity contribution is -0.127. The second-order valence-electron chi connectivity index (χ2n) is 11.5. The zero-order valence-corrected chi connectivity index (χ0v) is 23.6. The molecule has 4 aliphatic rings. The largest absolute Gasteiger partial charge is 0.462 e. The van der Waals surface area contributed by atoms with Crippen molar-refractivity contribution in [3.8, 4) is 17.3 Å². The lowest BCUT2D eigenvalue weighted by Crippen LogP contribution is -2.63. The zero-order chi connectivity index (χ0) is 27.4. The first-order valence-corrected chi connectivity index (χ1v) is 14.8. The van der Waals surface area contributed by atoms with Crippen LogP contribution in [-0.2, 0) is 17.6 Å². The van der Waals surface area contributed by atoms with Crippen molar-refractivity contribution >= 4 is 34.4 Å². The van der Waals surface area contributed by atoms with Crippen LogP contribution in [-0.4, -0.2) is 87.1 Å². The Hall–Kier alpha value is -3.30. The van der Waals surface area contributed by atoms with E-state index in [4.69, 9.17) is 31.3 Å². The molecule has 3 atom stereocenters. The molecule has 40 heavy (non-hydrogen) atoms. The van der Waals surface area contributed by atoms with Crippen LogP contribution in [0.25, 0.3) is 22.3 Å². The number of aromatic nitrogens is 4. The molecule has 0 radical (unpaired) electrons. The highest BCUT2D eigenvalue weighted by atomic mass is 35.5. The Labute approximate surface area is 239 Å². The van der Waals surface area contributed by atoms with Crippen molar-refractivity contribution < 1.29 is 9.53 Å². The van der Waals surface area contributed by atoms with Gasteiger partial charge in [0, 0.05) is 37.1 Å². The number of ether oxygens (including phenoxy) is 1. The number of carbonyl (C=O) groups is 1. The van der Waals surface area contributed by atoms with Gasteiger partial charge in [-0.05, 0) is 81.8 Å². The van der Waals surface area contributed by atoms with Crippen molar-refractivity contribution in [3.05, 3.63) is 47.3 Å². The molecule has 0 saturated carbocycles. The van der Waals surface area contributed by atoms with E-state index in [-0.39, 0.29) is 18.0 Å². The molecule has 208 valence electrons. The van der Waals surface area contributed by atoms with Gasteiger partial charge in [-0.3, -0.25) is 9.78 Å². The molecule has 1 aliphatic carbocycles. The lowest BCUT2D eigenvalue weighted by atomic mass is 9.89. The van der Waals surface area contributed by atoms with Crippen LogP contribution >= 0.6 is 11.6 Å². The summed E-state index contributed by atoms with van der Waals surface area (Å²) in [4.78, 5) is 38.1. The summed E-state index contributed by atoms with van der Waals surface area (Å²) in [7, 11) is 2.13. The number of halogens is 1. The minimum Gasteiger partial charge on any atom is -0.462 e. The van der Waals surface area contributed by atoms with Gasteiger partial charge in [0.25, 0.3) is 0 Å². The number of aryl methyl sites for hydroxylation is 1. The summed E-state index contributed by atoms with van der Waals surface area (Å²) in [6.07, 6.45) is 12.8. The summed E-state index contributed by atoms with van der Waals surface area (Å²) < 4.78 is 6.23. The number of pyridine rings is 2. The maximum atomic E-state index is 12.4. The molecule has 3 saturated heterocycles. The van der Waals surface area contributed by atoms with Crippen LogP contribution < -0.4 is 9.64 Å². The van der Waals surface area contributed by atoms with E-state index < -0.39 is 0 Å². The van der Waals surface area contributed by atoms with Gasteiger partial charge in [-0.25, -0.2) is 4.98 Å². The van der Waals surface area contributed by atoms with Gasteiger partial charge in [-0.15, -0.1) is 0 Å². The molecule has 0 N–H and O–H groups in total.